The van der Waals surface area contributed by atoms with E-state index in [2.05, 4.69) is 20.1 Å². The Balaban J connectivity index is 1.93. The van der Waals surface area contributed by atoms with Gasteiger partial charge in [0.15, 0.2) is 5.82 Å². The number of aromatic nitrogens is 2. The van der Waals surface area contributed by atoms with Crippen LogP contribution in [-0.4, -0.2) is 51.4 Å². The zero-order valence-electron chi connectivity index (χ0n) is 11.6. The van der Waals surface area contributed by atoms with Crippen molar-refractivity contribution in [3.8, 4) is 0 Å². The summed E-state index contributed by atoms with van der Waals surface area (Å²) in [5.74, 6) is 3.66. The van der Waals surface area contributed by atoms with Crippen LogP contribution in [0.4, 0.5) is 5.82 Å². The van der Waals surface area contributed by atoms with Crippen molar-refractivity contribution >= 4 is 35.3 Å². The monoisotopic (exact) mass is 292 g/mol. The Morgan fingerprint density at radius 1 is 1.60 bits per heavy atom. The van der Waals surface area contributed by atoms with Gasteiger partial charge in [0, 0.05) is 30.7 Å². The second kappa shape index (κ2) is 7.14. The zero-order chi connectivity index (χ0) is 14.4. The number of aromatic amines is 1. The second-order valence-corrected chi connectivity index (χ2v) is 5.73. The predicted octanol–water partition coefficient (Wildman–Crippen LogP) is 1.85. The Labute approximate surface area is 123 Å². The highest BCUT2D eigenvalue weighted by Gasteiger charge is 2.14. The van der Waals surface area contributed by atoms with Gasteiger partial charge in [0.25, 0.3) is 0 Å². The van der Waals surface area contributed by atoms with Crippen LogP contribution in [0, 0.1) is 5.41 Å². The fourth-order valence-corrected chi connectivity index (χ4v) is 2.85. The molecule has 0 unspecified atom stereocenters. The highest BCUT2D eigenvalue weighted by molar-refractivity contribution is 7.99. The third-order valence-electron chi connectivity index (χ3n) is 2.93. The minimum absolute atomic E-state index is 0.372. The molecule has 2 rings (SSSR count). The maximum absolute atomic E-state index is 8.07. The number of nitrogens with zero attached hydrogens (tertiary/aromatic N) is 3. The Kier molecular flexibility index (Phi) is 5.23. The Hall–Kier alpha value is -1.76. The molecule has 0 spiro atoms. The molecule has 1 aromatic rings. The minimum Gasteiger partial charge on any atom is -0.387 e. The lowest BCUT2D eigenvalue weighted by molar-refractivity contribution is 0.454. The average Bonchev–Trinajstić information content (AvgIpc) is 2.87. The van der Waals surface area contributed by atoms with Crippen LogP contribution < -0.4 is 5.73 Å². The van der Waals surface area contributed by atoms with Crippen molar-refractivity contribution < 1.29 is 0 Å². The summed E-state index contributed by atoms with van der Waals surface area (Å²) in [6.45, 7) is 3.78. The number of rotatable bonds is 4. The van der Waals surface area contributed by atoms with Crippen LogP contribution in [0.5, 0.6) is 0 Å². The SMILES string of the molecule is C/C=C/c1cc(N=C(N)CC(=N)N2CCSCC2)n[nH]1. The number of allylic oxidation sites excluding steroid dienone is 1. The molecule has 4 N–H and O–H groups in total. The van der Waals surface area contributed by atoms with Crippen molar-refractivity contribution in [2.75, 3.05) is 24.6 Å². The fraction of sp³-hybridized carbons (Fsp3) is 0.462. The van der Waals surface area contributed by atoms with Gasteiger partial charge >= 0.3 is 0 Å². The predicted molar refractivity (Wildman–Crippen MR) is 85.8 cm³/mol. The Morgan fingerprint density at radius 2 is 2.35 bits per heavy atom. The summed E-state index contributed by atoms with van der Waals surface area (Å²) in [5.41, 5.74) is 6.79. The first-order valence-electron chi connectivity index (χ1n) is 6.60. The highest BCUT2D eigenvalue weighted by Crippen LogP contribution is 2.13. The topological polar surface area (TPSA) is 94.2 Å². The molecular formula is C13H20N6S. The summed E-state index contributed by atoms with van der Waals surface area (Å²) in [5, 5.41) is 15.0. The maximum Gasteiger partial charge on any atom is 0.175 e. The molecule has 1 aliphatic heterocycles. The zero-order valence-corrected chi connectivity index (χ0v) is 12.4. The van der Waals surface area contributed by atoms with Crippen LogP contribution >= 0.6 is 11.8 Å². The average molecular weight is 292 g/mol. The lowest BCUT2D eigenvalue weighted by Gasteiger charge is -2.28. The number of nitrogens with one attached hydrogen (secondary N) is 2. The first kappa shape index (κ1) is 14.6. The number of hydrogen-bond donors (Lipinski definition) is 3. The molecule has 0 bridgehead atoms. The van der Waals surface area contributed by atoms with E-state index < -0.39 is 0 Å². The molecule has 6 nitrogen and oxygen atoms in total. The molecule has 0 aromatic carbocycles. The Morgan fingerprint density at radius 3 is 3.05 bits per heavy atom. The molecule has 0 aliphatic carbocycles. The standard InChI is InChI=1S/C13H20N6S/c1-2-3-10-8-13(18-17-10)16-11(14)9-12(15)19-4-6-20-7-5-19/h2-3,8,15H,4-7,9H2,1H3,(H3,14,16,17,18)/b3-2+,15-12?. The summed E-state index contributed by atoms with van der Waals surface area (Å²) in [7, 11) is 0. The third kappa shape index (κ3) is 4.12. The first-order valence-corrected chi connectivity index (χ1v) is 7.76. The lowest BCUT2D eigenvalue weighted by Crippen LogP contribution is -2.39. The molecular weight excluding hydrogens is 272 g/mol. The number of nitrogens with two attached hydrogens (primary N) is 1. The van der Waals surface area contributed by atoms with Gasteiger partial charge in [-0.05, 0) is 13.0 Å². The number of aliphatic imine (C=N–C) groups is 1. The van der Waals surface area contributed by atoms with E-state index in [1.807, 2.05) is 36.9 Å². The van der Waals surface area contributed by atoms with E-state index in [1.54, 1.807) is 0 Å². The Bertz CT molecular complexity index is 513. The van der Waals surface area contributed by atoms with E-state index in [4.69, 9.17) is 11.1 Å². The number of amidine groups is 2. The molecule has 1 fully saturated rings. The van der Waals surface area contributed by atoms with Crippen molar-refractivity contribution in [2.45, 2.75) is 13.3 Å². The van der Waals surface area contributed by atoms with Gasteiger partial charge in [-0.2, -0.15) is 16.9 Å². The molecule has 2 heterocycles. The van der Waals surface area contributed by atoms with E-state index in [9.17, 15) is 0 Å². The molecule has 1 aromatic heterocycles. The van der Waals surface area contributed by atoms with E-state index in [0.717, 1.165) is 30.3 Å². The molecule has 0 amide bonds. The summed E-state index contributed by atoms with van der Waals surface area (Å²) >= 11 is 1.92. The molecule has 0 saturated carbocycles. The van der Waals surface area contributed by atoms with Crippen molar-refractivity contribution in [1.29, 1.82) is 5.41 Å². The van der Waals surface area contributed by atoms with Crippen LogP contribution in [-0.2, 0) is 0 Å². The van der Waals surface area contributed by atoms with Crippen LogP contribution in [0.25, 0.3) is 6.08 Å². The summed E-state index contributed by atoms with van der Waals surface area (Å²) in [4.78, 5) is 6.31. The number of H-pyrrole nitrogens is 1. The van der Waals surface area contributed by atoms with Crippen LogP contribution in [0.3, 0.4) is 0 Å². The highest BCUT2D eigenvalue weighted by atomic mass is 32.2. The molecule has 7 heteroatoms. The number of thioether (sulfide) groups is 1. The lowest BCUT2D eigenvalue weighted by atomic mass is 10.3. The summed E-state index contributed by atoms with van der Waals surface area (Å²) in [6, 6.07) is 1.83. The molecule has 20 heavy (non-hydrogen) atoms. The van der Waals surface area contributed by atoms with Crippen molar-refractivity contribution in [3.63, 3.8) is 0 Å². The molecule has 1 aliphatic rings. The van der Waals surface area contributed by atoms with Gasteiger partial charge in [-0.15, -0.1) is 0 Å². The maximum atomic E-state index is 8.07. The van der Waals surface area contributed by atoms with Gasteiger partial charge in [0.1, 0.15) is 11.7 Å². The summed E-state index contributed by atoms with van der Waals surface area (Å²) < 4.78 is 0. The minimum atomic E-state index is 0.372. The normalized spacial score (nSPS) is 16.9. The second-order valence-electron chi connectivity index (χ2n) is 4.51. The number of hydrogen-bond acceptors (Lipinski definition) is 4. The molecule has 0 atom stereocenters. The van der Waals surface area contributed by atoms with Crippen molar-refractivity contribution in [2.24, 2.45) is 10.7 Å². The van der Waals surface area contributed by atoms with Crippen molar-refractivity contribution in [1.82, 2.24) is 15.1 Å². The smallest absolute Gasteiger partial charge is 0.175 e. The van der Waals surface area contributed by atoms with Gasteiger partial charge in [0.05, 0.1) is 12.1 Å². The van der Waals surface area contributed by atoms with Gasteiger partial charge in [-0.1, -0.05) is 6.08 Å². The third-order valence-corrected chi connectivity index (χ3v) is 3.87. The van der Waals surface area contributed by atoms with Crippen LogP contribution in [0.1, 0.15) is 19.0 Å². The quantitative estimate of drug-likeness (QED) is 0.583. The van der Waals surface area contributed by atoms with Gasteiger partial charge in [-0.3, -0.25) is 10.5 Å². The van der Waals surface area contributed by atoms with E-state index in [0.29, 0.717) is 23.9 Å². The van der Waals surface area contributed by atoms with E-state index >= 15 is 0 Å². The van der Waals surface area contributed by atoms with Gasteiger partial charge in [0.2, 0.25) is 0 Å². The van der Waals surface area contributed by atoms with Crippen molar-refractivity contribution in [3.05, 3.63) is 17.8 Å². The van der Waals surface area contributed by atoms with Crippen LogP contribution in [0.15, 0.2) is 17.1 Å². The van der Waals surface area contributed by atoms with Crippen LogP contribution in [0.2, 0.25) is 0 Å². The van der Waals surface area contributed by atoms with Gasteiger partial charge < -0.3 is 10.6 Å². The summed E-state index contributed by atoms with van der Waals surface area (Å²) in [6.07, 6.45) is 4.21. The molecule has 0 radical (unpaired) electrons. The molecule has 108 valence electrons. The molecule has 1 saturated heterocycles. The van der Waals surface area contributed by atoms with Gasteiger partial charge in [-0.25, -0.2) is 4.99 Å². The van der Waals surface area contributed by atoms with E-state index in [1.165, 1.54) is 0 Å². The largest absolute Gasteiger partial charge is 0.387 e. The van der Waals surface area contributed by atoms with E-state index in [-0.39, 0.29) is 0 Å². The first-order chi connectivity index (χ1) is 9.69. The fourth-order valence-electron chi connectivity index (χ4n) is 1.95.